The summed E-state index contributed by atoms with van der Waals surface area (Å²) in [4.78, 5) is 2.35. The molecule has 0 amide bonds. The van der Waals surface area contributed by atoms with Crippen LogP contribution >= 0.6 is 0 Å². The molecule has 2 heteroatoms. The van der Waals surface area contributed by atoms with Crippen molar-refractivity contribution in [3.8, 4) is 5.75 Å². The molecular weight excluding hydrogens is 234 g/mol. The van der Waals surface area contributed by atoms with Gasteiger partial charge in [0.15, 0.2) is 0 Å². The van der Waals surface area contributed by atoms with Crippen LogP contribution in [0.5, 0.6) is 5.75 Å². The molecule has 19 heavy (non-hydrogen) atoms. The van der Waals surface area contributed by atoms with Crippen LogP contribution in [0.4, 0.5) is 0 Å². The molecule has 0 radical (unpaired) electrons. The topological polar surface area (TPSA) is 12.5 Å². The van der Waals surface area contributed by atoms with E-state index in [1.165, 1.54) is 16.7 Å². The quantitative estimate of drug-likeness (QED) is 0.832. The van der Waals surface area contributed by atoms with E-state index in [9.17, 15) is 0 Å². The second-order valence-corrected chi connectivity index (χ2v) is 5.19. The molecule has 3 rings (SSSR count). The predicted molar refractivity (Wildman–Crippen MR) is 77.3 cm³/mol. The molecule has 0 bridgehead atoms. The second-order valence-electron chi connectivity index (χ2n) is 5.19. The van der Waals surface area contributed by atoms with E-state index in [1.807, 2.05) is 18.2 Å². The first kappa shape index (κ1) is 12.2. The van der Waals surface area contributed by atoms with E-state index in [0.29, 0.717) is 6.61 Å². The monoisotopic (exact) mass is 253 g/mol. The Labute approximate surface area is 114 Å². The number of nitrogens with zero attached hydrogens (tertiary/aromatic N) is 1. The van der Waals surface area contributed by atoms with Gasteiger partial charge in [0.2, 0.25) is 0 Å². The van der Waals surface area contributed by atoms with Gasteiger partial charge in [0.1, 0.15) is 12.4 Å². The van der Waals surface area contributed by atoms with E-state index >= 15 is 0 Å². The van der Waals surface area contributed by atoms with Gasteiger partial charge in [-0.05, 0) is 42.3 Å². The van der Waals surface area contributed by atoms with Crippen molar-refractivity contribution in [3.05, 3.63) is 65.2 Å². The molecule has 2 aromatic rings. The zero-order valence-electron chi connectivity index (χ0n) is 11.3. The molecule has 0 spiro atoms. The molecule has 0 unspecified atom stereocenters. The molecule has 0 aliphatic carbocycles. The van der Waals surface area contributed by atoms with Crippen LogP contribution in [0, 0.1) is 0 Å². The molecule has 0 N–H and O–H groups in total. The smallest absolute Gasteiger partial charge is 0.120 e. The minimum atomic E-state index is 0.638. The van der Waals surface area contributed by atoms with Crippen molar-refractivity contribution in [1.82, 2.24) is 4.90 Å². The number of fused-ring (bicyclic) bond motifs is 1. The second kappa shape index (κ2) is 5.45. The fraction of sp³-hybridized carbons (Fsp3) is 0.294. The van der Waals surface area contributed by atoms with E-state index in [2.05, 4.69) is 42.3 Å². The molecule has 0 atom stereocenters. The van der Waals surface area contributed by atoms with Gasteiger partial charge in [0.25, 0.3) is 0 Å². The highest BCUT2D eigenvalue weighted by atomic mass is 16.5. The lowest BCUT2D eigenvalue weighted by Crippen LogP contribution is -2.26. The van der Waals surface area contributed by atoms with Crippen molar-refractivity contribution in [2.24, 2.45) is 0 Å². The lowest BCUT2D eigenvalue weighted by molar-refractivity contribution is 0.299. The van der Waals surface area contributed by atoms with Crippen LogP contribution < -0.4 is 4.74 Å². The van der Waals surface area contributed by atoms with Gasteiger partial charge in [-0.1, -0.05) is 36.4 Å². The summed E-state index contributed by atoms with van der Waals surface area (Å²) in [7, 11) is 2.17. The first-order chi connectivity index (χ1) is 9.31. The van der Waals surface area contributed by atoms with E-state index in [-0.39, 0.29) is 0 Å². The third-order valence-corrected chi connectivity index (χ3v) is 3.63. The standard InChI is InChI=1S/C17H19NO/c1-18-10-9-15-11-17(8-7-16(15)12-18)19-13-14-5-3-2-4-6-14/h2-8,11H,9-10,12-13H2,1H3. The Hall–Kier alpha value is -1.80. The maximum absolute atomic E-state index is 5.87. The van der Waals surface area contributed by atoms with Crippen LogP contribution in [-0.2, 0) is 19.6 Å². The van der Waals surface area contributed by atoms with Crippen LogP contribution in [0.25, 0.3) is 0 Å². The summed E-state index contributed by atoms with van der Waals surface area (Å²) in [5.41, 5.74) is 4.07. The van der Waals surface area contributed by atoms with Crippen molar-refractivity contribution < 1.29 is 4.74 Å². The molecule has 0 aromatic heterocycles. The SMILES string of the molecule is CN1CCc2cc(OCc3ccccc3)ccc2C1. The van der Waals surface area contributed by atoms with Crippen LogP contribution in [0.1, 0.15) is 16.7 Å². The third-order valence-electron chi connectivity index (χ3n) is 3.63. The van der Waals surface area contributed by atoms with Crippen molar-refractivity contribution in [2.45, 2.75) is 19.6 Å². The zero-order chi connectivity index (χ0) is 13.1. The number of benzene rings is 2. The molecule has 1 aliphatic heterocycles. The van der Waals surface area contributed by atoms with Crippen LogP contribution in [0.15, 0.2) is 48.5 Å². The first-order valence-electron chi connectivity index (χ1n) is 6.78. The molecule has 0 fully saturated rings. The van der Waals surface area contributed by atoms with Gasteiger partial charge in [-0.2, -0.15) is 0 Å². The summed E-state index contributed by atoms with van der Waals surface area (Å²) < 4.78 is 5.87. The molecule has 0 saturated heterocycles. The van der Waals surface area contributed by atoms with Gasteiger partial charge in [-0.25, -0.2) is 0 Å². The third kappa shape index (κ3) is 2.96. The highest BCUT2D eigenvalue weighted by molar-refractivity contribution is 5.37. The minimum Gasteiger partial charge on any atom is -0.489 e. The fourth-order valence-electron chi connectivity index (χ4n) is 2.50. The van der Waals surface area contributed by atoms with E-state index < -0.39 is 0 Å². The lowest BCUT2D eigenvalue weighted by atomic mass is 10.00. The van der Waals surface area contributed by atoms with Gasteiger partial charge < -0.3 is 9.64 Å². The Morgan fingerprint density at radius 3 is 2.74 bits per heavy atom. The Kier molecular flexibility index (Phi) is 3.51. The fourth-order valence-corrected chi connectivity index (χ4v) is 2.50. The number of likely N-dealkylation sites (N-methyl/N-ethyl adjacent to an activating group) is 1. The molecule has 0 saturated carbocycles. The normalized spacial score (nSPS) is 15.0. The van der Waals surface area contributed by atoms with Gasteiger partial charge in [-0.3, -0.25) is 0 Å². The number of rotatable bonds is 3. The first-order valence-corrected chi connectivity index (χ1v) is 6.78. The van der Waals surface area contributed by atoms with Crippen LogP contribution in [0.3, 0.4) is 0 Å². The molecule has 2 nitrogen and oxygen atoms in total. The van der Waals surface area contributed by atoms with E-state index in [4.69, 9.17) is 4.74 Å². The maximum Gasteiger partial charge on any atom is 0.120 e. The average molecular weight is 253 g/mol. The van der Waals surface area contributed by atoms with Crippen molar-refractivity contribution in [2.75, 3.05) is 13.6 Å². The Morgan fingerprint density at radius 2 is 1.89 bits per heavy atom. The summed E-state index contributed by atoms with van der Waals surface area (Å²) in [5.74, 6) is 0.979. The molecule has 1 heterocycles. The largest absolute Gasteiger partial charge is 0.489 e. The highest BCUT2D eigenvalue weighted by Crippen LogP contribution is 2.23. The van der Waals surface area contributed by atoms with Gasteiger partial charge in [0, 0.05) is 13.1 Å². The van der Waals surface area contributed by atoms with E-state index in [1.54, 1.807) is 0 Å². The molecule has 1 aliphatic rings. The number of ether oxygens (including phenoxy) is 1. The van der Waals surface area contributed by atoms with Gasteiger partial charge in [-0.15, -0.1) is 0 Å². The summed E-state index contributed by atoms with van der Waals surface area (Å²) in [6.07, 6.45) is 1.12. The van der Waals surface area contributed by atoms with Crippen molar-refractivity contribution >= 4 is 0 Å². The molecular formula is C17H19NO. The molecule has 98 valence electrons. The van der Waals surface area contributed by atoms with Gasteiger partial charge in [0.05, 0.1) is 0 Å². The summed E-state index contributed by atoms with van der Waals surface area (Å²) >= 11 is 0. The summed E-state index contributed by atoms with van der Waals surface area (Å²) in [6.45, 7) is 2.82. The highest BCUT2D eigenvalue weighted by Gasteiger charge is 2.13. The van der Waals surface area contributed by atoms with Crippen LogP contribution in [-0.4, -0.2) is 18.5 Å². The van der Waals surface area contributed by atoms with E-state index in [0.717, 1.165) is 25.3 Å². The van der Waals surface area contributed by atoms with Gasteiger partial charge >= 0.3 is 0 Å². The predicted octanol–water partition coefficient (Wildman–Crippen LogP) is 3.25. The average Bonchev–Trinajstić information content (AvgIpc) is 2.46. The van der Waals surface area contributed by atoms with Crippen molar-refractivity contribution in [3.63, 3.8) is 0 Å². The van der Waals surface area contributed by atoms with Crippen LogP contribution in [0.2, 0.25) is 0 Å². The Morgan fingerprint density at radius 1 is 1.05 bits per heavy atom. The summed E-state index contributed by atoms with van der Waals surface area (Å²) in [5, 5.41) is 0. The number of hydrogen-bond donors (Lipinski definition) is 0. The Bertz CT molecular complexity index is 550. The number of hydrogen-bond acceptors (Lipinski definition) is 2. The molecule has 2 aromatic carbocycles. The Balaban J connectivity index is 1.69. The minimum absolute atomic E-state index is 0.638. The lowest BCUT2D eigenvalue weighted by Gasteiger charge is -2.25. The zero-order valence-corrected chi connectivity index (χ0v) is 11.3. The van der Waals surface area contributed by atoms with Crippen molar-refractivity contribution in [1.29, 1.82) is 0 Å². The summed E-state index contributed by atoms with van der Waals surface area (Å²) in [6, 6.07) is 16.8. The maximum atomic E-state index is 5.87.